The first-order valence-electron chi connectivity index (χ1n) is 8.48. The van der Waals surface area contributed by atoms with Crippen molar-refractivity contribution >= 4 is 34.2 Å². The standard InChI is InChI=1S/C20H16N2O5/c1-2-22-15-8-7-13(10-17(15)26-11-18(22)23)21-19(24)14-9-12-5-3-4-6-16(12)27-20(14)25/h3-10H,2,11H2,1H3,(H,21,24). The Morgan fingerprint density at radius 1 is 1.15 bits per heavy atom. The number of nitrogens with one attached hydrogen (secondary N) is 1. The van der Waals surface area contributed by atoms with Crippen LogP contribution in [-0.2, 0) is 4.79 Å². The molecule has 0 bridgehead atoms. The number of amides is 2. The van der Waals surface area contributed by atoms with Crippen LogP contribution in [0.3, 0.4) is 0 Å². The van der Waals surface area contributed by atoms with Crippen molar-refractivity contribution in [2.24, 2.45) is 0 Å². The lowest BCUT2D eigenvalue weighted by molar-refractivity contribution is -0.121. The van der Waals surface area contributed by atoms with Crippen molar-refractivity contribution in [3.8, 4) is 5.75 Å². The number of carbonyl (C=O) groups is 2. The fourth-order valence-electron chi connectivity index (χ4n) is 3.05. The first-order chi connectivity index (χ1) is 13.1. The minimum atomic E-state index is -0.705. The molecule has 1 aromatic heterocycles. The van der Waals surface area contributed by atoms with Crippen LogP contribution < -0.4 is 20.6 Å². The summed E-state index contributed by atoms with van der Waals surface area (Å²) in [5.41, 5.74) is 0.736. The van der Waals surface area contributed by atoms with E-state index >= 15 is 0 Å². The van der Waals surface area contributed by atoms with Crippen LogP contribution in [0.1, 0.15) is 17.3 Å². The lowest BCUT2D eigenvalue weighted by Crippen LogP contribution is -2.38. The van der Waals surface area contributed by atoms with Crippen molar-refractivity contribution in [1.29, 1.82) is 0 Å². The molecule has 1 aliphatic heterocycles. The van der Waals surface area contributed by atoms with Crippen LogP contribution >= 0.6 is 0 Å². The molecule has 7 nitrogen and oxygen atoms in total. The highest BCUT2D eigenvalue weighted by molar-refractivity contribution is 6.06. The van der Waals surface area contributed by atoms with E-state index in [1.54, 1.807) is 47.4 Å². The second kappa shape index (κ2) is 6.60. The molecule has 3 aromatic rings. The molecule has 136 valence electrons. The number of likely N-dealkylation sites (N-methyl/N-ethyl adjacent to an activating group) is 1. The number of nitrogens with zero attached hydrogens (tertiary/aromatic N) is 1. The summed E-state index contributed by atoms with van der Waals surface area (Å²) < 4.78 is 10.7. The summed E-state index contributed by atoms with van der Waals surface area (Å²) in [6, 6.07) is 13.5. The fraction of sp³-hybridized carbons (Fsp3) is 0.150. The SMILES string of the molecule is CCN1C(=O)COc2cc(NC(=O)c3cc4ccccc4oc3=O)ccc21. The molecule has 1 N–H and O–H groups in total. The van der Waals surface area contributed by atoms with Gasteiger partial charge in [0.15, 0.2) is 6.61 Å². The molecule has 27 heavy (non-hydrogen) atoms. The molecule has 1 aliphatic rings. The van der Waals surface area contributed by atoms with Gasteiger partial charge in [0, 0.05) is 23.7 Å². The van der Waals surface area contributed by atoms with Crippen molar-refractivity contribution in [2.75, 3.05) is 23.4 Å². The third kappa shape index (κ3) is 3.03. The molecule has 0 saturated heterocycles. The van der Waals surface area contributed by atoms with Gasteiger partial charge in [-0.05, 0) is 31.2 Å². The predicted octanol–water partition coefficient (Wildman–Crippen LogP) is 2.79. The van der Waals surface area contributed by atoms with Crippen molar-refractivity contribution in [1.82, 2.24) is 0 Å². The van der Waals surface area contributed by atoms with Crippen LogP contribution in [0.4, 0.5) is 11.4 Å². The molecule has 0 unspecified atom stereocenters. The highest BCUT2D eigenvalue weighted by atomic mass is 16.5. The third-order valence-corrected chi connectivity index (χ3v) is 4.36. The van der Waals surface area contributed by atoms with E-state index in [0.29, 0.717) is 34.6 Å². The summed E-state index contributed by atoms with van der Waals surface area (Å²) in [4.78, 5) is 38.1. The predicted molar refractivity (Wildman–Crippen MR) is 100 cm³/mol. The fourth-order valence-corrected chi connectivity index (χ4v) is 3.05. The molecule has 7 heteroatoms. The molecule has 2 heterocycles. The van der Waals surface area contributed by atoms with Crippen molar-refractivity contribution in [3.63, 3.8) is 0 Å². The van der Waals surface area contributed by atoms with E-state index in [1.165, 1.54) is 6.07 Å². The maximum Gasteiger partial charge on any atom is 0.349 e. The van der Waals surface area contributed by atoms with Gasteiger partial charge in [-0.1, -0.05) is 18.2 Å². The normalized spacial score (nSPS) is 13.2. The number of anilines is 2. The molecular weight excluding hydrogens is 348 g/mol. The Balaban J connectivity index is 1.63. The summed E-state index contributed by atoms with van der Waals surface area (Å²) >= 11 is 0. The Labute approximate surface area is 154 Å². The Bertz CT molecular complexity index is 1120. The topological polar surface area (TPSA) is 88.8 Å². The van der Waals surface area contributed by atoms with Gasteiger partial charge >= 0.3 is 5.63 Å². The lowest BCUT2D eigenvalue weighted by atomic mass is 10.1. The molecule has 0 atom stereocenters. The third-order valence-electron chi connectivity index (χ3n) is 4.36. The number of ether oxygens (including phenoxy) is 1. The van der Waals surface area contributed by atoms with E-state index in [-0.39, 0.29) is 18.1 Å². The van der Waals surface area contributed by atoms with Crippen molar-refractivity contribution in [2.45, 2.75) is 6.92 Å². The highest BCUT2D eigenvalue weighted by Crippen LogP contribution is 2.34. The quantitative estimate of drug-likeness (QED) is 0.722. The van der Waals surface area contributed by atoms with Crippen molar-refractivity contribution < 1.29 is 18.7 Å². The van der Waals surface area contributed by atoms with E-state index in [4.69, 9.17) is 9.15 Å². The Kier molecular flexibility index (Phi) is 4.12. The smallest absolute Gasteiger partial charge is 0.349 e. The van der Waals surface area contributed by atoms with Crippen LogP contribution in [0.15, 0.2) is 57.7 Å². The second-order valence-corrected chi connectivity index (χ2v) is 6.05. The zero-order valence-electron chi connectivity index (χ0n) is 14.5. The molecule has 4 rings (SSSR count). The number of fused-ring (bicyclic) bond motifs is 2. The van der Waals surface area contributed by atoms with E-state index in [0.717, 1.165) is 0 Å². The average Bonchev–Trinajstić information content (AvgIpc) is 2.67. The number of carbonyl (C=O) groups excluding carboxylic acids is 2. The van der Waals surface area contributed by atoms with Crippen LogP contribution in [0, 0.1) is 0 Å². The number of para-hydroxylation sites is 1. The summed E-state index contributed by atoms with van der Waals surface area (Å²) in [5.74, 6) is -0.191. The van der Waals surface area contributed by atoms with Crippen LogP contribution in [0.25, 0.3) is 11.0 Å². The van der Waals surface area contributed by atoms with Crippen LogP contribution in [0.5, 0.6) is 5.75 Å². The highest BCUT2D eigenvalue weighted by Gasteiger charge is 2.24. The van der Waals surface area contributed by atoms with Gasteiger partial charge in [-0.2, -0.15) is 0 Å². The van der Waals surface area contributed by atoms with E-state index in [9.17, 15) is 14.4 Å². The summed E-state index contributed by atoms with van der Waals surface area (Å²) in [6.45, 7) is 2.35. The molecule has 0 radical (unpaired) electrons. The number of hydrogen-bond donors (Lipinski definition) is 1. The number of rotatable bonds is 3. The molecular formula is C20H16N2O5. The van der Waals surface area contributed by atoms with Crippen LogP contribution in [0.2, 0.25) is 0 Å². The van der Waals surface area contributed by atoms with Gasteiger partial charge in [-0.25, -0.2) is 4.79 Å². The molecule has 0 spiro atoms. The van der Waals surface area contributed by atoms with E-state index < -0.39 is 11.5 Å². The zero-order valence-corrected chi connectivity index (χ0v) is 14.5. The largest absolute Gasteiger partial charge is 0.481 e. The maximum absolute atomic E-state index is 12.5. The molecule has 0 saturated carbocycles. The van der Waals surface area contributed by atoms with Gasteiger partial charge < -0.3 is 19.4 Å². The summed E-state index contributed by atoms with van der Waals surface area (Å²) in [5, 5.41) is 3.34. The average molecular weight is 364 g/mol. The van der Waals surface area contributed by atoms with Gasteiger partial charge in [0.1, 0.15) is 16.9 Å². The maximum atomic E-state index is 12.5. The van der Waals surface area contributed by atoms with Gasteiger partial charge in [-0.15, -0.1) is 0 Å². The minimum Gasteiger partial charge on any atom is -0.481 e. The number of hydrogen-bond acceptors (Lipinski definition) is 5. The summed E-state index contributed by atoms with van der Waals surface area (Å²) in [7, 11) is 0. The zero-order chi connectivity index (χ0) is 19.0. The second-order valence-electron chi connectivity index (χ2n) is 6.05. The first-order valence-corrected chi connectivity index (χ1v) is 8.48. The summed E-state index contributed by atoms with van der Waals surface area (Å²) in [6.07, 6.45) is 0. The Hall–Kier alpha value is -3.61. The first kappa shape index (κ1) is 16.8. The van der Waals surface area contributed by atoms with E-state index in [1.807, 2.05) is 6.92 Å². The van der Waals surface area contributed by atoms with Gasteiger partial charge in [0.2, 0.25) is 0 Å². The van der Waals surface area contributed by atoms with Gasteiger partial charge in [0.25, 0.3) is 11.8 Å². The van der Waals surface area contributed by atoms with Gasteiger partial charge in [0.05, 0.1) is 5.69 Å². The lowest BCUT2D eigenvalue weighted by Gasteiger charge is -2.28. The molecule has 0 fully saturated rings. The molecule has 2 amide bonds. The van der Waals surface area contributed by atoms with Crippen molar-refractivity contribution in [3.05, 3.63) is 64.5 Å². The Morgan fingerprint density at radius 3 is 2.78 bits per heavy atom. The Morgan fingerprint density at radius 2 is 1.96 bits per heavy atom. The monoisotopic (exact) mass is 364 g/mol. The number of benzene rings is 2. The molecule has 2 aromatic carbocycles. The van der Waals surface area contributed by atoms with Gasteiger partial charge in [-0.3, -0.25) is 9.59 Å². The minimum absolute atomic E-state index is 0.0491. The molecule has 0 aliphatic carbocycles. The van der Waals surface area contributed by atoms with Crippen LogP contribution in [-0.4, -0.2) is 25.0 Å². The van der Waals surface area contributed by atoms with E-state index in [2.05, 4.69) is 5.32 Å².